The van der Waals surface area contributed by atoms with Crippen molar-refractivity contribution in [2.24, 2.45) is 0 Å². The highest BCUT2D eigenvalue weighted by atomic mass is 32.1. The van der Waals surface area contributed by atoms with E-state index < -0.39 is 6.04 Å². The van der Waals surface area contributed by atoms with Crippen LogP contribution in [0.15, 0.2) is 47.5 Å². The summed E-state index contributed by atoms with van der Waals surface area (Å²) >= 11 is 1.48. The van der Waals surface area contributed by atoms with E-state index in [1.807, 2.05) is 13.0 Å². The fraction of sp³-hybridized carbons (Fsp3) is 0.259. The van der Waals surface area contributed by atoms with Crippen LogP contribution in [0.2, 0.25) is 0 Å². The smallest absolute Gasteiger partial charge is 0.264 e. The molecule has 0 fully saturated rings. The molecule has 2 aromatic carbocycles. The van der Waals surface area contributed by atoms with Gasteiger partial charge in [0.1, 0.15) is 10.6 Å². The summed E-state index contributed by atoms with van der Waals surface area (Å²) in [4.78, 5) is 46.8. The van der Waals surface area contributed by atoms with Crippen LogP contribution in [-0.4, -0.2) is 34.9 Å². The molecule has 1 amide bonds. The maximum absolute atomic E-state index is 13.7. The number of carbonyl (C=O) groups is 2. The molecule has 8 heteroatoms. The summed E-state index contributed by atoms with van der Waals surface area (Å²) in [6, 6.07) is 10.4. The first kappa shape index (κ1) is 23.0. The standard InChI is InChI=1S/C27H25N3O4S/c1-14-6-7-18(10-15(14)2)23-17(4)35-26-24(23)27(33)30(13-28-26)16(3)25(32)19-8-9-21-20(11-19)29(5)22(31)12-34-21/h6-11,13,16H,12H2,1-5H3. The monoisotopic (exact) mass is 487 g/mol. The summed E-state index contributed by atoms with van der Waals surface area (Å²) < 4.78 is 6.85. The van der Waals surface area contributed by atoms with Gasteiger partial charge in [-0.1, -0.05) is 18.2 Å². The molecule has 5 rings (SSSR count). The van der Waals surface area contributed by atoms with Crippen LogP contribution in [0, 0.1) is 20.8 Å². The van der Waals surface area contributed by atoms with E-state index in [-0.39, 0.29) is 23.9 Å². The SMILES string of the molecule is Cc1ccc(-c2c(C)sc3ncn(C(C)C(=O)c4ccc5c(c4)N(C)C(=O)CO5)c(=O)c23)cc1C. The molecule has 1 aliphatic heterocycles. The first-order valence-corrected chi connectivity index (χ1v) is 12.1. The zero-order chi connectivity index (χ0) is 25.0. The second kappa shape index (κ2) is 8.46. The van der Waals surface area contributed by atoms with Gasteiger partial charge in [-0.05, 0) is 62.6 Å². The Hall–Kier alpha value is -3.78. The van der Waals surface area contributed by atoms with Crippen molar-refractivity contribution < 1.29 is 14.3 Å². The summed E-state index contributed by atoms with van der Waals surface area (Å²) in [5.41, 5.74) is 4.84. The van der Waals surface area contributed by atoms with Crippen LogP contribution in [0.3, 0.4) is 0 Å². The number of anilines is 1. The molecule has 0 bridgehead atoms. The summed E-state index contributed by atoms with van der Waals surface area (Å²) in [6.45, 7) is 7.75. The van der Waals surface area contributed by atoms with E-state index in [2.05, 4.69) is 31.0 Å². The number of aryl methyl sites for hydroxylation is 3. The molecule has 4 aromatic rings. The van der Waals surface area contributed by atoms with Gasteiger partial charge in [0.2, 0.25) is 0 Å². The zero-order valence-electron chi connectivity index (χ0n) is 20.2. The van der Waals surface area contributed by atoms with Crippen molar-refractivity contribution in [2.45, 2.75) is 33.7 Å². The van der Waals surface area contributed by atoms with Gasteiger partial charge in [-0.3, -0.25) is 19.0 Å². The molecule has 0 aliphatic carbocycles. The fourth-order valence-electron chi connectivity index (χ4n) is 4.43. The number of hydrogen-bond acceptors (Lipinski definition) is 6. The van der Waals surface area contributed by atoms with Crippen LogP contribution < -0.4 is 15.2 Å². The molecule has 0 radical (unpaired) electrons. The second-order valence-electron chi connectivity index (χ2n) is 8.93. The molecule has 35 heavy (non-hydrogen) atoms. The van der Waals surface area contributed by atoms with E-state index in [4.69, 9.17) is 4.74 Å². The topological polar surface area (TPSA) is 81.5 Å². The molecule has 0 saturated heterocycles. The van der Waals surface area contributed by atoms with Crippen molar-refractivity contribution in [1.82, 2.24) is 9.55 Å². The molecule has 0 saturated carbocycles. The van der Waals surface area contributed by atoms with Crippen LogP contribution in [0.4, 0.5) is 5.69 Å². The largest absolute Gasteiger partial charge is 0.482 e. The third kappa shape index (κ3) is 3.74. The minimum absolute atomic E-state index is 0.0306. The van der Waals surface area contributed by atoms with Gasteiger partial charge in [0.15, 0.2) is 12.4 Å². The number of benzene rings is 2. The average Bonchev–Trinajstić information content (AvgIpc) is 3.19. The quantitative estimate of drug-likeness (QED) is 0.385. The summed E-state index contributed by atoms with van der Waals surface area (Å²) in [5.74, 6) is 0.109. The number of nitrogens with zero attached hydrogens (tertiary/aromatic N) is 3. The number of hydrogen-bond donors (Lipinski definition) is 0. The van der Waals surface area contributed by atoms with Gasteiger partial charge in [-0.2, -0.15) is 0 Å². The minimum Gasteiger partial charge on any atom is -0.482 e. The fourth-order valence-corrected chi connectivity index (χ4v) is 5.43. The van der Waals surface area contributed by atoms with Crippen LogP contribution in [0.1, 0.15) is 39.3 Å². The Morgan fingerprint density at radius 3 is 2.60 bits per heavy atom. The van der Waals surface area contributed by atoms with Crippen molar-refractivity contribution in [3.63, 3.8) is 0 Å². The highest BCUT2D eigenvalue weighted by Gasteiger charge is 2.26. The van der Waals surface area contributed by atoms with Gasteiger partial charge in [0, 0.05) is 23.1 Å². The Morgan fingerprint density at radius 1 is 1.09 bits per heavy atom. The van der Waals surface area contributed by atoms with Crippen molar-refractivity contribution in [1.29, 1.82) is 0 Å². The first-order chi connectivity index (χ1) is 16.7. The van der Waals surface area contributed by atoms with E-state index in [0.717, 1.165) is 21.6 Å². The molecule has 178 valence electrons. The minimum atomic E-state index is -0.782. The summed E-state index contributed by atoms with van der Waals surface area (Å²) in [5, 5.41) is 0.530. The molecule has 1 unspecified atom stereocenters. The molecule has 7 nitrogen and oxygen atoms in total. The molecule has 1 atom stereocenters. The van der Waals surface area contributed by atoms with Crippen LogP contribution in [-0.2, 0) is 4.79 Å². The molecule has 3 heterocycles. The van der Waals surface area contributed by atoms with Crippen molar-refractivity contribution in [2.75, 3.05) is 18.6 Å². The highest BCUT2D eigenvalue weighted by Crippen LogP contribution is 2.37. The van der Waals surface area contributed by atoms with Crippen LogP contribution in [0.25, 0.3) is 21.3 Å². The predicted octanol–water partition coefficient (Wildman–Crippen LogP) is 4.85. The zero-order valence-corrected chi connectivity index (χ0v) is 21.0. The summed E-state index contributed by atoms with van der Waals surface area (Å²) in [6.07, 6.45) is 1.45. The number of likely N-dealkylation sites (N-methyl/N-ethyl adjacent to an activating group) is 1. The Balaban J connectivity index is 1.58. The molecular formula is C27H25N3O4S. The number of thiophene rings is 1. The van der Waals surface area contributed by atoms with Gasteiger partial charge in [0.05, 0.1) is 23.4 Å². The van der Waals surface area contributed by atoms with Crippen molar-refractivity contribution in [3.8, 4) is 16.9 Å². The Morgan fingerprint density at radius 2 is 1.86 bits per heavy atom. The molecule has 0 spiro atoms. The number of aromatic nitrogens is 2. The van der Waals surface area contributed by atoms with E-state index in [9.17, 15) is 14.4 Å². The van der Waals surface area contributed by atoms with E-state index in [1.54, 1.807) is 32.2 Å². The number of carbonyl (C=O) groups excluding carboxylic acids is 2. The lowest BCUT2D eigenvalue weighted by Gasteiger charge is -2.26. The number of rotatable bonds is 4. The van der Waals surface area contributed by atoms with Crippen molar-refractivity contribution >= 4 is 38.9 Å². The third-order valence-corrected chi connectivity index (χ3v) is 7.75. The van der Waals surface area contributed by atoms with Gasteiger partial charge >= 0.3 is 0 Å². The maximum Gasteiger partial charge on any atom is 0.264 e. The van der Waals surface area contributed by atoms with Gasteiger partial charge in [-0.25, -0.2) is 4.98 Å². The van der Waals surface area contributed by atoms with Gasteiger partial charge in [-0.15, -0.1) is 11.3 Å². The lowest BCUT2D eigenvalue weighted by molar-refractivity contribution is -0.120. The Labute approximate surface area is 206 Å². The second-order valence-corrected chi connectivity index (χ2v) is 10.1. The van der Waals surface area contributed by atoms with Gasteiger partial charge in [0.25, 0.3) is 11.5 Å². The van der Waals surface area contributed by atoms with Gasteiger partial charge < -0.3 is 9.64 Å². The lowest BCUT2D eigenvalue weighted by Crippen LogP contribution is -2.35. The van der Waals surface area contributed by atoms with Crippen molar-refractivity contribution in [3.05, 3.63) is 74.6 Å². The lowest BCUT2D eigenvalue weighted by atomic mass is 9.99. The number of ether oxygens (including phenoxy) is 1. The third-order valence-electron chi connectivity index (χ3n) is 6.74. The normalized spacial score (nSPS) is 14.1. The first-order valence-electron chi connectivity index (χ1n) is 11.3. The molecule has 0 N–H and O–H groups in total. The number of ketones is 1. The molecular weight excluding hydrogens is 462 g/mol. The van der Waals surface area contributed by atoms with E-state index in [1.165, 1.54) is 32.7 Å². The number of amides is 1. The van der Waals surface area contributed by atoms with E-state index >= 15 is 0 Å². The number of fused-ring (bicyclic) bond motifs is 2. The molecule has 2 aromatic heterocycles. The van der Waals surface area contributed by atoms with E-state index in [0.29, 0.717) is 27.2 Å². The Kier molecular flexibility index (Phi) is 5.56. The van der Waals surface area contributed by atoms with Crippen LogP contribution >= 0.6 is 11.3 Å². The number of Topliss-reactive ketones (excluding diaryl/α,β-unsaturated/α-hetero) is 1. The highest BCUT2D eigenvalue weighted by molar-refractivity contribution is 7.19. The summed E-state index contributed by atoms with van der Waals surface area (Å²) in [7, 11) is 1.65. The predicted molar refractivity (Wildman–Crippen MR) is 138 cm³/mol. The van der Waals surface area contributed by atoms with Crippen LogP contribution in [0.5, 0.6) is 5.75 Å². The average molecular weight is 488 g/mol. The Bertz CT molecular complexity index is 1580. The maximum atomic E-state index is 13.7. The molecule has 1 aliphatic rings.